The van der Waals surface area contributed by atoms with Crippen LogP contribution in [0.2, 0.25) is 0 Å². The molecule has 0 aromatic heterocycles. The Hall–Kier alpha value is -3.47. The zero-order valence-electron chi connectivity index (χ0n) is 19.1. The number of nitrogens with zero attached hydrogens (tertiary/aromatic N) is 1. The minimum absolute atomic E-state index is 0.157. The van der Waals surface area contributed by atoms with E-state index in [0.29, 0.717) is 21.5 Å². The van der Waals surface area contributed by atoms with Crippen molar-refractivity contribution in [1.29, 1.82) is 0 Å². The summed E-state index contributed by atoms with van der Waals surface area (Å²) in [6.45, 7) is 3.18. The molecule has 0 fully saturated rings. The molecule has 182 valence electrons. The summed E-state index contributed by atoms with van der Waals surface area (Å²) in [4.78, 5) is 36.3. The lowest BCUT2D eigenvalue weighted by molar-refractivity contribution is -0.143. The summed E-state index contributed by atoms with van der Waals surface area (Å²) in [5.74, 6) is -2.17. The summed E-state index contributed by atoms with van der Waals surface area (Å²) in [6.07, 6.45) is 1.37. The van der Waals surface area contributed by atoms with E-state index in [0.717, 1.165) is 0 Å². The van der Waals surface area contributed by atoms with Crippen LogP contribution in [0, 0.1) is 11.7 Å². The van der Waals surface area contributed by atoms with Crippen molar-refractivity contribution < 1.29 is 33.0 Å². The number of methoxy groups -OCH3 is 2. The van der Waals surface area contributed by atoms with Crippen molar-refractivity contribution in [2.45, 2.75) is 19.9 Å². The normalized spacial score (nSPS) is 11.7. The van der Waals surface area contributed by atoms with Crippen LogP contribution in [0.4, 0.5) is 4.39 Å². The Labute approximate surface area is 204 Å². The number of esters is 1. The predicted molar refractivity (Wildman–Crippen MR) is 126 cm³/mol. The van der Waals surface area contributed by atoms with Crippen LogP contribution in [0.1, 0.15) is 29.8 Å². The number of nitrogens with one attached hydrogen (secondary N) is 2. The minimum Gasteiger partial charge on any atom is -0.493 e. The van der Waals surface area contributed by atoms with Crippen LogP contribution in [-0.4, -0.2) is 50.9 Å². The maximum absolute atomic E-state index is 13.9. The lowest BCUT2D eigenvalue weighted by Crippen LogP contribution is -2.48. The van der Waals surface area contributed by atoms with E-state index in [1.165, 1.54) is 44.7 Å². The Morgan fingerprint density at radius 1 is 1.18 bits per heavy atom. The summed E-state index contributed by atoms with van der Waals surface area (Å²) in [5.41, 5.74) is 2.77. The van der Waals surface area contributed by atoms with Crippen molar-refractivity contribution in [3.05, 3.63) is 57.8 Å². The van der Waals surface area contributed by atoms with Gasteiger partial charge >= 0.3 is 5.97 Å². The molecular formula is C23H25BrFN3O6. The molecule has 9 nitrogen and oxygen atoms in total. The minimum atomic E-state index is -0.945. The van der Waals surface area contributed by atoms with Crippen molar-refractivity contribution >= 4 is 39.9 Å². The summed E-state index contributed by atoms with van der Waals surface area (Å²) >= 11 is 3.34. The van der Waals surface area contributed by atoms with Gasteiger partial charge in [0.1, 0.15) is 11.9 Å². The third kappa shape index (κ3) is 7.27. The maximum Gasteiger partial charge on any atom is 0.343 e. The Balaban J connectivity index is 2.09. The molecule has 2 N–H and O–H groups in total. The molecule has 0 aliphatic carbocycles. The summed E-state index contributed by atoms with van der Waals surface area (Å²) in [5, 5.41) is 6.47. The highest BCUT2D eigenvalue weighted by atomic mass is 79.9. The lowest BCUT2D eigenvalue weighted by atomic mass is 10.0. The van der Waals surface area contributed by atoms with Gasteiger partial charge in [0, 0.05) is 0 Å². The number of carbonyl (C=O) groups is 3. The van der Waals surface area contributed by atoms with Crippen LogP contribution in [0.15, 0.2) is 46.0 Å². The molecule has 0 aliphatic rings. The Morgan fingerprint density at radius 2 is 1.88 bits per heavy atom. The SMILES string of the molecule is COC(=O)COc1c(Br)cc(C=NNC(=O)C(NC(=O)c2ccccc2F)C(C)C)cc1OC. The fourth-order valence-electron chi connectivity index (χ4n) is 2.78. The molecule has 2 rings (SSSR count). The van der Waals surface area contributed by atoms with Crippen molar-refractivity contribution in [3.63, 3.8) is 0 Å². The molecular weight excluding hydrogens is 513 g/mol. The lowest BCUT2D eigenvalue weighted by Gasteiger charge is -2.20. The van der Waals surface area contributed by atoms with Gasteiger partial charge in [0.2, 0.25) is 0 Å². The average molecular weight is 538 g/mol. The molecule has 0 saturated heterocycles. The molecule has 34 heavy (non-hydrogen) atoms. The van der Waals surface area contributed by atoms with Crippen molar-refractivity contribution in [3.8, 4) is 11.5 Å². The van der Waals surface area contributed by atoms with Gasteiger partial charge in [-0.2, -0.15) is 5.10 Å². The second-order valence-corrected chi connectivity index (χ2v) is 8.16. The van der Waals surface area contributed by atoms with E-state index in [-0.39, 0.29) is 18.1 Å². The molecule has 0 aliphatic heterocycles. The Kier molecular flexibility index (Phi) is 9.99. The van der Waals surface area contributed by atoms with E-state index in [1.807, 2.05) is 0 Å². The first-order valence-electron chi connectivity index (χ1n) is 10.1. The smallest absolute Gasteiger partial charge is 0.343 e. The van der Waals surface area contributed by atoms with Gasteiger partial charge in [-0.15, -0.1) is 0 Å². The number of rotatable bonds is 10. The number of hydrogen-bond acceptors (Lipinski definition) is 7. The van der Waals surface area contributed by atoms with Crippen LogP contribution < -0.4 is 20.2 Å². The van der Waals surface area contributed by atoms with E-state index in [2.05, 4.69) is 36.5 Å². The first kappa shape index (κ1) is 26.8. The largest absolute Gasteiger partial charge is 0.493 e. The van der Waals surface area contributed by atoms with E-state index < -0.39 is 29.6 Å². The first-order valence-corrected chi connectivity index (χ1v) is 10.9. The van der Waals surface area contributed by atoms with Crippen LogP contribution in [0.3, 0.4) is 0 Å². The number of carbonyl (C=O) groups excluding carboxylic acids is 3. The van der Waals surface area contributed by atoms with Gasteiger partial charge in [0.15, 0.2) is 18.1 Å². The molecule has 11 heteroatoms. The summed E-state index contributed by atoms with van der Waals surface area (Å²) < 4.78 is 29.6. The molecule has 2 aromatic rings. The molecule has 0 bridgehead atoms. The van der Waals surface area contributed by atoms with E-state index in [9.17, 15) is 18.8 Å². The number of benzene rings is 2. The van der Waals surface area contributed by atoms with Crippen LogP contribution in [0.25, 0.3) is 0 Å². The third-order valence-corrected chi connectivity index (χ3v) is 5.15. The third-order valence-electron chi connectivity index (χ3n) is 4.56. The Morgan fingerprint density at radius 3 is 2.50 bits per heavy atom. The Bertz CT molecular complexity index is 1080. The number of hydrogen-bond donors (Lipinski definition) is 2. The highest BCUT2D eigenvalue weighted by Gasteiger charge is 2.25. The van der Waals surface area contributed by atoms with Gasteiger partial charge in [0.25, 0.3) is 11.8 Å². The molecule has 2 amide bonds. The van der Waals surface area contributed by atoms with Crippen molar-refractivity contribution in [1.82, 2.24) is 10.7 Å². The second kappa shape index (κ2) is 12.7. The summed E-state index contributed by atoms with van der Waals surface area (Å²) in [7, 11) is 2.68. The van der Waals surface area contributed by atoms with Crippen LogP contribution >= 0.6 is 15.9 Å². The van der Waals surface area contributed by atoms with Crippen LogP contribution in [0.5, 0.6) is 11.5 Å². The molecule has 0 heterocycles. The first-order chi connectivity index (χ1) is 16.2. The highest BCUT2D eigenvalue weighted by Crippen LogP contribution is 2.36. The predicted octanol–water partition coefficient (Wildman–Crippen LogP) is 3.05. The van der Waals surface area contributed by atoms with E-state index in [1.54, 1.807) is 26.0 Å². The topological polar surface area (TPSA) is 115 Å². The fraction of sp³-hybridized carbons (Fsp3) is 0.304. The van der Waals surface area contributed by atoms with Gasteiger partial charge in [-0.05, 0) is 51.7 Å². The van der Waals surface area contributed by atoms with Gasteiger partial charge in [0.05, 0.1) is 30.5 Å². The molecule has 0 spiro atoms. The number of amides is 2. The van der Waals surface area contributed by atoms with Gasteiger partial charge in [-0.3, -0.25) is 9.59 Å². The van der Waals surface area contributed by atoms with Crippen molar-refractivity contribution in [2.75, 3.05) is 20.8 Å². The molecule has 0 saturated carbocycles. The highest BCUT2D eigenvalue weighted by molar-refractivity contribution is 9.10. The quantitative estimate of drug-likeness (QED) is 0.273. The van der Waals surface area contributed by atoms with Gasteiger partial charge in [-0.1, -0.05) is 26.0 Å². The average Bonchev–Trinajstić information content (AvgIpc) is 2.81. The zero-order chi connectivity index (χ0) is 25.3. The zero-order valence-corrected chi connectivity index (χ0v) is 20.6. The number of ether oxygens (including phenoxy) is 3. The van der Waals surface area contributed by atoms with Crippen LogP contribution in [-0.2, 0) is 14.3 Å². The van der Waals surface area contributed by atoms with E-state index >= 15 is 0 Å². The van der Waals surface area contributed by atoms with Crippen molar-refractivity contribution in [2.24, 2.45) is 11.0 Å². The fourth-order valence-corrected chi connectivity index (χ4v) is 3.36. The number of halogens is 2. The summed E-state index contributed by atoms with van der Waals surface area (Å²) in [6, 6.07) is 7.80. The monoisotopic (exact) mass is 537 g/mol. The maximum atomic E-state index is 13.9. The molecule has 2 aromatic carbocycles. The molecule has 0 radical (unpaired) electrons. The van der Waals surface area contributed by atoms with Gasteiger partial charge in [-0.25, -0.2) is 14.6 Å². The standard InChI is InChI=1S/C23H25BrFN3O6/c1-13(2)20(27-22(30)15-7-5-6-8-17(15)25)23(31)28-26-11-14-9-16(24)21(18(10-14)32-3)34-12-19(29)33-4/h5-11,13,20H,12H2,1-4H3,(H,27,30)(H,28,31). The second-order valence-electron chi connectivity index (χ2n) is 7.31. The van der Waals surface area contributed by atoms with Gasteiger partial charge < -0.3 is 19.5 Å². The molecule has 1 atom stereocenters. The number of hydrazone groups is 1. The van der Waals surface area contributed by atoms with E-state index in [4.69, 9.17) is 9.47 Å². The molecule has 1 unspecified atom stereocenters.